The number of ether oxygens (including phenoxy) is 1. The number of halogens is 1. The second-order valence-corrected chi connectivity index (χ2v) is 7.39. The van der Waals surface area contributed by atoms with Crippen LogP contribution in [0, 0.1) is 5.82 Å². The molecule has 0 spiro atoms. The van der Waals surface area contributed by atoms with Crippen LogP contribution in [0.15, 0.2) is 67.3 Å². The highest BCUT2D eigenvalue weighted by molar-refractivity contribution is 7.16. The molecule has 0 unspecified atom stereocenters. The Labute approximate surface area is 180 Å². The van der Waals surface area contributed by atoms with Gasteiger partial charge in [0.15, 0.2) is 11.6 Å². The van der Waals surface area contributed by atoms with Crippen LogP contribution in [0.3, 0.4) is 0 Å². The molecule has 10 heteroatoms. The van der Waals surface area contributed by atoms with Gasteiger partial charge in [0.05, 0.1) is 22.6 Å². The molecule has 2 N–H and O–H groups in total. The van der Waals surface area contributed by atoms with Crippen molar-refractivity contribution >= 4 is 34.5 Å². The minimum Gasteiger partial charge on any atom is -0.494 e. The van der Waals surface area contributed by atoms with Gasteiger partial charge in [-0.3, -0.25) is 9.59 Å². The highest BCUT2D eigenvalue weighted by Gasteiger charge is 2.15. The van der Waals surface area contributed by atoms with Crippen molar-refractivity contribution in [1.29, 1.82) is 0 Å². The van der Waals surface area contributed by atoms with Gasteiger partial charge >= 0.3 is 0 Å². The van der Waals surface area contributed by atoms with Crippen LogP contribution in [0.25, 0.3) is 5.69 Å². The summed E-state index contributed by atoms with van der Waals surface area (Å²) in [4.78, 5) is 29.5. The number of methoxy groups -OCH3 is 1. The van der Waals surface area contributed by atoms with Crippen molar-refractivity contribution < 1.29 is 18.7 Å². The molecule has 4 aromatic rings. The van der Waals surface area contributed by atoms with Gasteiger partial charge in [-0.2, -0.15) is 5.10 Å². The average Bonchev–Trinajstić information content (AvgIpc) is 3.47. The number of thiophene rings is 1. The lowest BCUT2D eigenvalue weighted by Gasteiger charge is -2.06. The Morgan fingerprint density at radius 3 is 2.19 bits per heavy atom. The molecule has 0 saturated carbocycles. The number of aromatic nitrogens is 3. The van der Waals surface area contributed by atoms with Crippen LogP contribution in [0.1, 0.15) is 19.3 Å². The van der Waals surface area contributed by atoms with Gasteiger partial charge in [0.2, 0.25) is 0 Å². The first kappa shape index (κ1) is 20.2. The van der Waals surface area contributed by atoms with E-state index >= 15 is 0 Å². The van der Waals surface area contributed by atoms with Gasteiger partial charge < -0.3 is 15.4 Å². The first-order valence-corrected chi connectivity index (χ1v) is 9.86. The first-order valence-electron chi connectivity index (χ1n) is 9.04. The standard InChI is InChI=1S/C21H16FN5O3S/c1-30-17-7-4-14(10-16(17)22)26-21(29)19-9-8-18(31-19)20(28)25-13-2-5-15(6-3-13)27-12-23-11-24-27/h2-12H,1H3,(H,25,28)(H,26,29). The number of nitrogens with zero attached hydrogens (tertiary/aromatic N) is 3. The topological polar surface area (TPSA) is 98.1 Å². The van der Waals surface area contributed by atoms with E-state index in [1.54, 1.807) is 47.4 Å². The first-order chi connectivity index (χ1) is 15.0. The van der Waals surface area contributed by atoms with Gasteiger partial charge in [0.1, 0.15) is 12.7 Å². The molecule has 0 bridgehead atoms. The largest absolute Gasteiger partial charge is 0.494 e. The predicted octanol–water partition coefficient (Wildman–Crippen LogP) is 3.98. The fraction of sp³-hybridized carbons (Fsp3) is 0.0476. The maximum Gasteiger partial charge on any atom is 0.265 e. The fourth-order valence-corrected chi connectivity index (χ4v) is 3.55. The van der Waals surface area contributed by atoms with Crippen molar-refractivity contribution in [2.45, 2.75) is 0 Å². The number of rotatable bonds is 6. The molecule has 2 heterocycles. The Hall–Kier alpha value is -4.05. The number of hydrogen-bond donors (Lipinski definition) is 2. The summed E-state index contributed by atoms with van der Waals surface area (Å²) in [6, 6.07) is 14.3. The second kappa shape index (κ2) is 8.76. The lowest BCUT2D eigenvalue weighted by molar-refractivity contribution is 0.102. The van der Waals surface area contributed by atoms with E-state index in [-0.39, 0.29) is 17.3 Å². The van der Waals surface area contributed by atoms with Gasteiger partial charge in [0.25, 0.3) is 11.8 Å². The quantitative estimate of drug-likeness (QED) is 0.475. The molecule has 0 aliphatic carbocycles. The SMILES string of the molecule is COc1ccc(NC(=O)c2ccc(C(=O)Nc3ccc(-n4cncn4)cc3)s2)cc1F. The van der Waals surface area contributed by atoms with Crippen LogP contribution in [-0.4, -0.2) is 33.7 Å². The summed E-state index contributed by atoms with van der Waals surface area (Å²) in [6.45, 7) is 0. The molecule has 2 amide bonds. The van der Waals surface area contributed by atoms with Gasteiger partial charge in [-0.1, -0.05) is 0 Å². The summed E-state index contributed by atoms with van der Waals surface area (Å²) in [5, 5.41) is 9.43. The minimum atomic E-state index is -0.582. The molecule has 0 fully saturated rings. The molecule has 0 aliphatic heterocycles. The van der Waals surface area contributed by atoms with E-state index in [1.165, 1.54) is 31.6 Å². The van der Waals surface area contributed by atoms with E-state index in [2.05, 4.69) is 20.7 Å². The molecule has 4 rings (SSSR count). The number of carbonyl (C=O) groups excluding carboxylic acids is 2. The maximum absolute atomic E-state index is 13.8. The molecule has 2 aromatic heterocycles. The lowest BCUT2D eigenvalue weighted by atomic mass is 10.2. The smallest absolute Gasteiger partial charge is 0.265 e. The Morgan fingerprint density at radius 2 is 1.61 bits per heavy atom. The predicted molar refractivity (Wildman–Crippen MR) is 115 cm³/mol. The zero-order chi connectivity index (χ0) is 21.8. The molecule has 156 valence electrons. The molecular formula is C21H16FN5O3S. The zero-order valence-electron chi connectivity index (χ0n) is 16.2. The Bertz CT molecular complexity index is 1220. The molecule has 8 nitrogen and oxygen atoms in total. The molecule has 0 atom stereocenters. The molecule has 31 heavy (non-hydrogen) atoms. The van der Waals surface area contributed by atoms with Crippen LogP contribution < -0.4 is 15.4 Å². The Balaban J connectivity index is 1.40. The zero-order valence-corrected chi connectivity index (χ0v) is 17.0. The molecular weight excluding hydrogens is 421 g/mol. The van der Waals surface area contributed by atoms with Crippen molar-refractivity contribution in [2.75, 3.05) is 17.7 Å². The number of benzene rings is 2. The third kappa shape index (κ3) is 4.59. The monoisotopic (exact) mass is 437 g/mol. The average molecular weight is 437 g/mol. The van der Waals surface area contributed by atoms with Crippen LogP contribution >= 0.6 is 11.3 Å². The van der Waals surface area contributed by atoms with Crippen molar-refractivity contribution in [3.05, 3.63) is 82.8 Å². The third-order valence-electron chi connectivity index (χ3n) is 4.27. The third-order valence-corrected chi connectivity index (χ3v) is 5.35. The van der Waals surface area contributed by atoms with Crippen molar-refractivity contribution in [3.8, 4) is 11.4 Å². The summed E-state index contributed by atoms with van der Waals surface area (Å²) < 4.78 is 20.2. The van der Waals surface area contributed by atoms with Gasteiger partial charge in [-0.05, 0) is 48.5 Å². The van der Waals surface area contributed by atoms with Crippen LogP contribution in [0.5, 0.6) is 5.75 Å². The highest BCUT2D eigenvalue weighted by Crippen LogP contribution is 2.23. The van der Waals surface area contributed by atoms with E-state index in [4.69, 9.17) is 4.74 Å². The number of nitrogens with one attached hydrogen (secondary N) is 2. The summed E-state index contributed by atoms with van der Waals surface area (Å²) in [5.74, 6) is -1.28. The summed E-state index contributed by atoms with van der Waals surface area (Å²) in [5.41, 5.74) is 1.69. The Morgan fingerprint density at radius 1 is 0.968 bits per heavy atom. The second-order valence-electron chi connectivity index (χ2n) is 6.31. The van der Waals surface area contributed by atoms with Crippen LogP contribution in [0.4, 0.5) is 15.8 Å². The number of amides is 2. The molecule has 2 aromatic carbocycles. The van der Waals surface area contributed by atoms with Gasteiger partial charge in [-0.15, -0.1) is 11.3 Å². The van der Waals surface area contributed by atoms with Crippen molar-refractivity contribution in [2.24, 2.45) is 0 Å². The van der Waals surface area contributed by atoms with E-state index in [1.807, 2.05) is 0 Å². The summed E-state index contributed by atoms with van der Waals surface area (Å²) in [6.07, 6.45) is 3.01. The lowest BCUT2D eigenvalue weighted by Crippen LogP contribution is -2.11. The van der Waals surface area contributed by atoms with Crippen molar-refractivity contribution in [3.63, 3.8) is 0 Å². The normalized spacial score (nSPS) is 10.5. The van der Waals surface area contributed by atoms with Crippen molar-refractivity contribution in [1.82, 2.24) is 14.8 Å². The van der Waals surface area contributed by atoms with Gasteiger partial charge in [0, 0.05) is 17.4 Å². The number of hydrogen-bond acceptors (Lipinski definition) is 6. The van der Waals surface area contributed by atoms with Crippen LogP contribution in [-0.2, 0) is 0 Å². The summed E-state index contributed by atoms with van der Waals surface area (Å²) in [7, 11) is 1.36. The number of anilines is 2. The molecule has 0 radical (unpaired) electrons. The van der Waals surface area contributed by atoms with Gasteiger partial charge in [-0.25, -0.2) is 14.1 Å². The van der Waals surface area contributed by atoms with E-state index < -0.39 is 11.7 Å². The van der Waals surface area contributed by atoms with Crippen LogP contribution in [0.2, 0.25) is 0 Å². The molecule has 0 aliphatic rings. The minimum absolute atomic E-state index is 0.0856. The number of carbonyl (C=O) groups is 2. The molecule has 0 saturated heterocycles. The maximum atomic E-state index is 13.8. The summed E-state index contributed by atoms with van der Waals surface area (Å²) >= 11 is 1.04. The van der Waals surface area contributed by atoms with E-state index in [0.717, 1.165) is 17.0 Å². The fourth-order valence-electron chi connectivity index (χ4n) is 2.75. The Kier molecular flexibility index (Phi) is 5.72. The highest BCUT2D eigenvalue weighted by atomic mass is 32.1. The van der Waals surface area contributed by atoms with E-state index in [0.29, 0.717) is 15.4 Å². The van der Waals surface area contributed by atoms with E-state index in [9.17, 15) is 14.0 Å².